The van der Waals surface area contributed by atoms with Crippen LogP contribution in [-0.2, 0) is 61.6 Å². The van der Waals surface area contributed by atoms with Crippen LogP contribution < -0.4 is 18.5 Å². The van der Waals surface area contributed by atoms with Crippen LogP contribution in [0.15, 0.2) is 90.2 Å². The third-order valence-electron chi connectivity index (χ3n) is 10.1. The number of nitrogens with zero attached hydrogens (tertiary/aromatic N) is 12. The van der Waals surface area contributed by atoms with Crippen LogP contribution in [-0.4, -0.2) is 136 Å². The summed E-state index contributed by atoms with van der Waals surface area (Å²) in [4.78, 5) is 101. The van der Waals surface area contributed by atoms with Crippen LogP contribution in [0, 0.1) is 37.3 Å². The Morgan fingerprint density at radius 3 is 2.02 bits per heavy atom. The van der Waals surface area contributed by atoms with Crippen LogP contribution in [0.25, 0.3) is 22.9 Å². The lowest BCUT2D eigenvalue weighted by atomic mass is 10.1. The smallest absolute Gasteiger partial charge is 0.493 e. The van der Waals surface area contributed by atoms with E-state index >= 15 is 0 Å². The number of anilines is 1. The number of pyridine rings is 2. The average molecular weight is 1140 g/mol. The molecule has 0 aliphatic rings. The molecule has 0 amide bonds. The van der Waals surface area contributed by atoms with Crippen LogP contribution in [0.3, 0.4) is 0 Å². The van der Waals surface area contributed by atoms with E-state index in [0.29, 0.717) is 15.4 Å². The third-order valence-corrected chi connectivity index (χ3v) is 11.8. The molecule has 80 heavy (non-hydrogen) atoms. The molecule has 35 heteroatoms. The molecule has 34 nitrogen and oxygen atoms in total. The van der Waals surface area contributed by atoms with E-state index in [0.717, 1.165) is 4.68 Å². The summed E-state index contributed by atoms with van der Waals surface area (Å²) in [6.07, 6.45) is 0.637. The van der Waals surface area contributed by atoms with Crippen LogP contribution >= 0.6 is 0 Å². The van der Waals surface area contributed by atoms with Gasteiger partial charge in [-0.3, -0.25) is 4.98 Å². The minimum Gasteiger partial charge on any atom is -0.493 e. The molecular formula is C45H46N12O22S. The van der Waals surface area contributed by atoms with Crippen LogP contribution in [0.2, 0.25) is 0 Å². The van der Waals surface area contributed by atoms with Gasteiger partial charge < -0.3 is 52.4 Å². The van der Waals surface area contributed by atoms with Crippen molar-refractivity contribution in [3.8, 4) is 46.0 Å². The Kier molecular flexibility index (Phi) is 21.5. The largest absolute Gasteiger partial charge is 0.510 e. The van der Waals surface area contributed by atoms with Crippen molar-refractivity contribution in [2.24, 2.45) is 0 Å². The molecular weight excluding hydrogens is 1090 g/mol. The summed E-state index contributed by atoms with van der Waals surface area (Å²) in [6.45, 7) is -2.47. The standard InChI is InChI=1S/C45H46N12O22S/c1-30-11-16-37(47-26-30)80(67,68)54(29-75-45(60)73-20-6-8-22-77-56(63)64)41-38(79-36-10-4-3-9-35(36)69-2)42(70-23-24-71-43(58)32-14-12-31(13-15-32)27-78-57(65)66)49-39(48-41)33-17-18-46-34(25-33)40-50-51-52-53(40)28-74-44(59)72-19-5-7-21-76-55(61)62/h3-4,9-18,25-26H,5-8,19-24,27-29H2,1-2H3. The number of carbonyl (C=O) groups is 3. The maximum absolute atomic E-state index is 14.9. The summed E-state index contributed by atoms with van der Waals surface area (Å²) in [6, 6.07) is 17.0. The molecule has 0 N–H and O–H groups in total. The molecule has 424 valence electrons. The Hall–Kier alpha value is -10.3. The van der Waals surface area contributed by atoms with Crippen molar-refractivity contribution in [2.75, 3.05) is 57.8 Å². The molecule has 0 spiro atoms. The summed E-state index contributed by atoms with van der Waals surface area (Å²) in [5.74, 6) is -2.92. The summed E-state index contributed by atoms with van der Waals surface area (Å²) in [5, 5.41) is 39.6. The fourth-order valence-corrected chi connectivity index (χ4v) is 7.57. The predicted octanol–water partition coefficient (Wildman–Crippen LogP) is 5.03. The topological polar surface area (TPSA) is 415 Å². The molecule has 0 unspecified atom stereocenters. The molecule has 0 radical (unpaired) electrons. The average Bonchev–Trinajstić information content (AvgIpc) is 3.94. The zero-order valence-electron chi connectivity index (χ0n) is 42.0. The van der Waals surface area contributed by atoms with E-state index in [1.165, 1.54) is 80.2 Å². The molecule has 0 atom stereocenters. The molecule has 0 fully saturated rings. The van der Waals surface area contributed by atoms with Crippen molar-refractivity contribution < 1.29 is 90.5 Å². The first-order chi connectivity index (χ1) is 38.5. The summed E-state index contributed by atoms with van der Waals surface area (Å²) in [5.41, 5.74) is 1.07. The van der Waals surface area contributed by atoms with Crippen molar-refractivity contribution in [1.82, 2.24) is 40.1 Å². The van der Waals surface area contributed by atoms with Crippen molar-refractivity contribution >= 4 is 34.1 Å². The SMILES string of the molecule is COc1ccccc1Oc1c(OCCOC(=O)c2ccc(CO[N+](=O)[O-])cc2)nc(-c2ccnc(-c3nnnn3COC(=O)OCCCCO[N+](=O)[O-])c2)nc1N(COC(=O)OCCCCO[N+](=O)[O-])S(=O)(=O)c1ccc(C)cn1. The van der Waals surface area contributed by atoms with Crippen molar-refractivity contribution in [3.63, 3.8) is 0 Å². The maximum atomic E-state index is 14.9. The van der Waals surface area contributed by atoms with Gasteiger partial charge >= 0.3 is 18.3 Å². The Labute approximate surface area is 450 Å². The van der Waals surface area contributed by atoms with E-state index < -0.39 is 92.7 Å². The number of sulfonamides is 1. The molecule has 0 saturated heterocycles. The van der Waals surface area contributed by atoms with E-state index in [2.05, 4.69) is 50.0 Å². The second-order valence-electron chi connectivity index (χ2n) is 15.7. The van der Waals surface area contributed by atoms with Crippen LogP contribution in [0.4, 0.5) is 15.4 Å². The molecule has 2 aromatic carbocycles. The molecule has 4 heterocycles. The first-order valence-corrected chi connectivity index (χ1v) is 24.7. The fourth-order valence-electron chi connectivity index (χ4n) is 6.37. The number of tetrazole rings is 1. The number of carbonyl (C=O) groups excluding carboxylic acids is 3. The Morgan fingerprint density at radius 2 is 1.38 bits per heavy atom. The van der Waals surface area contributed by atoms with E-state index in [1.54, 1.807) is 19.1 Å². The number of hydrogen-bond donors (Lipinski definition) is 0. The minimum absolute atomic E-state index is 0.00633. The van der Waals surface area contributed by atoms with Crippen LogP contribution in [0.1, 0.15) is 47.2 Å². The number of aromatic nitrogens is 8. The zero-order chi connectivity index (χ0) is 57.4. The maximum Gasteiger partial charge on any atom is 0.510 e. The highest BCUT2D eigenvalue weighted by atomic mass is 32.2. The fraction of sp³-hybridized carbons (Fsp3) is 0.333. The van der Waals surface area contributed by atoms with Gasteiger partial charge in [0.15, 0.2) is 41.6 Å². The second kappa shape index (κ2) is 29.2. The third kappa shape index (κ3) is 17.6. The van der Waals surface area contributed by atoms with Gasteiger partial charge in [0, 0.05) is 18.0 Å². The lowest BCUT2D eigenvalue weighted by Gasteiger charge is -2.26. The van der Waals surface area contributed by atoms with Gasteiger partial charge in [0.2, 0.25) is 11.6 Å². The quantitative estimate of drug-likeness (QED) is 0.0133. The molecule has 6 rings (SSSR count). The number of benzene rings is 2. The number of ether oxygens (including phenoxy) is 8. The van der Waals surface area contributed by atoms with Crippen molar-refractivity contribution in [2.45, 2.75) is 51.0 Å². The number of hydrogen-bond acceptors (Lipinski definition) is 29. The van der Waals surface area contributed by atoms with Gasteiger partial charge in [-0.2, -0.15) is 18.1 Å². The Morgan fingerprint density at radius 1 is 0.713 bits per heavy atom. The molecule has 6 aromatic rings. The second-order valence-corrected chi connectivity index (χ2v) is 17.5. The summed E-state index contributed by atoms with van der Waals surface area (Å²) >= 11 is 0. The van der Waals surface area contributed by atoms with E-state index in [1.807, 2.05) is 0 Å². The highest BCUT2D eigenvalue weighted by molar-refractivity contribution is 7.92. The van der Waals surface area contributed by atoms with Crippen LogP contribution in [0.5, 0.6) is 23.1 Å². The first-order valence-electron chi connectivity index (χ1n) is 23.2. The van der Waals surface area contributed by atoms with Crippen molar-refractivity contribution in [3.05, 3.63) is 132 Å². The van der Waals surface area contributed by atoms with Gasteiger partial charge in [0.25, 0.3) is 31.2 Å². The molecule has 4 aromatic heterocycles. The minimum atomic E-state index is -4.99. The van der Waals surface area contributed by atoms with Gasteiger partial charge in [-0.05, 0) is 96.6 Å². The zero-order valence-corrected chi connectivity index (χ0v) is 42.8. The molecule has 0 aliphatic heterocycles. The van der Waals surface area contributed by atoms with E-state index in [9.17, 15) is 53.1 Å². The number of para-hydroxylation sites is 2. The lowest BCUT2D eigenvalue weighted by Crippen LogP contribution is -2.36. The van der Waals surface area contributed by atoms with Gasteiger partial charge in [-0.25, -0.2) is 28.7 Å². The Balaban J connectivity index is 1.40. The summed E-state index contributed by atoms with van der Waals surface area (Å²) < 4.78 is 75.6. The summed E-state index contributed by atoms with van der Waals surface area (Å²) in [7, 11) is -3.66. The number of rotatable bonds is 32. The number of unbranched alkanes of at least 4 members (excludes halogenated alkanes) is 2. The van der Waals surface area contributed by atoms with Gasteiger partial charge in [-0.15, -0.1) is 35.4 Å². The van der Waals surface area contributed by atoms with Gasteiger partial charge in [-0.1, -0.05) is 30.3 Å². The monoisotopic (exact) mass is 1140 g/mol. The van der Waals surface area contributed by atoms with Gasteiger partial charge in [0.05, 0.1) is 39.1 Å². The first kappa shape index (κ1) is 58.9. The van der Waals surface area contributed by atoms with E-state index in [-0.39, 0.29) is 98.7 Å². The predicted molar refractivity (Wildman–Crippen MR) is 262 cm³/mol. The van der Waals surface area contributed by atoms with E-state index in [4.69, 9.17) is 37.9 Å². The lowest BCUT2D eigenvalue weighted by molar-refractivity contribution is -0.763. The number of methoxy groups -OCH3 is 1. The highest BCUT2D eigenvalue weighted by Crippen LogP contribution is 2.44. The number of esters is 1. The van der Waals surface area contributed by atoms with Crippen molar-refractivity contribution in [1.29, 1.82) is 0 Å². The Bertz CT molecular complexity index is 3210. The molecule has 0 saturated carbocycles. The molecule has 0 bridgehead atoms. The normalized spacial score (nSPS) is 10.8. The molecule has 0 aliphatic carbocycles. The highest BCUT2D eigenvalue weighted by Gasteiger charge is 2.35. The number of aryl methyl sites for hydroxylation is 1. The van der Waals surface area contributed by atoms with Gasteiger partial charge in [0.1, 0.15) is 25.5 Å².